The number of ether oxygens (including phenoxy) is 2. The van der Waals surface area contributed by atoms with Gasteiger partial charge in [-0.05, 0) is 43.3 Å². The van der Waals surface area contributed by atoms with Crippen molar-refractivity contribution in [1.29, 1.82) is 0 Å². The van der Waals surface area contributed by atoms with Crippen LogP contribution in [0.1, 0.15) is 6.92 Å². The van der Waals surface area contributed by atoms with Crippen LogP contribution in [0, 0.1) is 5.82 Å². The molecule has 1 aliphatic heterocycles. The van der Waals surface area contributed by atoms with E-state index in [1.807, 2.05) is 0 Å². The number of halogens is 1. The molecule has 1 aliphatic rings. The van der Waals surface area contributed by atoms with Crippen molar-refractivity contribution in [3.05, 3.63) is 48.3 Å². The van der Waals surface area contributed by atoms with Gasteiger partial charge in [-0.15, -0.1) is 0 Å². The van der Waals surface area contributed by atoms with Gasteiger partial charge in [-0.25, -0.2) is 12.8 Å². The maximum absolute atomic E-state index is 13.1. The van der Waals surface area contributed by atoms with Crippen LogP contribution in [0.25, 0.3) is 0 Å². The normalized spacial score (nSPS) is 18.2. The zero-order chi connectivity index (χ0) is 20.5. The molecule has 1 atom stereocenters. The van der Waals surface area contributed by atoms with Gasteiger partial charge < -0.3 is 14.4 Å². The summed E-state index contributed by atoms with van der Waals surface area (Å²) in [6.45, 7) is 1.83. The molecule has 0 bridgehead atoms. The number of benzene rings is 2. The summed E-state index contributed by atoms with van der Waals surface area (Å²) in [6.07, 6.45) is 0. The van der Waals surface area contributed by atoms with Crippen LogP contribution in [0.15, 0.2) is 47.4 Å². The Morgan fingerprint density at radius 3 is 2.25 bits per heavy atom. The highest BCUT2D eigenvalue weighted by Crippen LogP contribution is 2.33. The minimum atomic E-state index is -3.92. The Labute approximate surface area is 163 Å². The molecule has 0 radical (unpaired) electrons. The fraction of sp³-hybridized carbons (Fsp3) is 0.316. The molecule has 0 spiro atoms. The molecular weight excluding hydrogens is 387 g/mol. The minimum Gasteiger partial charge on any atom is -0.493 e. The second kappa shape index (κ2) is 7.76. The van der Waals surface area contributed by atoms with Crippen molar-refractivity contribution in [1.82, 2.24) is 4.31 Å². The van der Waals surface area contributed by atoms with Crippen LogP contribution in [0.5, 0.6) is 11.5 Å². The van der Waals surface area contributed by atoms with Crippen LogP contribution >= 0.6 is 0 Å². The van der Waals surface area contributed by atoms with E-state index in [1.165, 1.54) is 38.2 Å². The first-order valence-corrected chi connectivity index (χ1v) is 10.0. The van der Waals surface area contributed by atoms with E-state index in [-0.39, 0.29) is 23.9 Å². The highest BCUT2D eigenvalue weighted by molar-refractivity contribution is 7.89. The summed E-state index contributed by atoms with van der Waals surface area (Å²) in [4.78, 5) is 14.4. The van der Waals surface area contributed by atoms with Crippen molar-refractivity contribution in [2.75, 3.05) is 32.2 Å². The number of carbonyl (C=O) groups is 1. The summed E-state index contributed by atoms with van der Waals surface area (Å²) < 4.78 is 50.5. The third-order valence-corrected chi connectivity index (χ3v) is 6.68. The van der Waals surface area contributed by atoms with Crippen LogP contribution in [0.4, 0.5) is 10.1 Å². The molecule has 0 unspecified atom stereocenters. The predicted octanol–water partition coefficient (Wildman–Crippen LogP) is 2.27. The van der Waals surface area contributed by atoms with Crippen LogP contribution in [-0.2, 0) is 14.8 Å². The van der Waals surface area contributed by atoms with E-state index in [1.54, 1.807) is 18.2 Å². The highest BCUT2D eigenvalue weighted by atomic mass is 32.2. The molecule has 1 heterocycles. The number of nitrogens with zero attached hydrogens (tertiary/aromatic N) is 2. The number of hydrogen-bond donors (Lipinski definition) is 0. The molecule has 0 N–H and O–H groups in total. The Bertz CT molecular complexity index is 978. The van der Waals surface area contributed by atoms with Gasteiger partial charge in [0.05, 0.1) is 19.1 Å². The van der Waals surface area contributed by atoms with Crippen molar-refractivity contribution in [2.45, 2.75) is 17.9 Å². The number of anilines is 1. The van der Waals surface area contributed by atoms with Gasteiger partial charge in [0.15, 0.2) is 11.5 Å². The number of rotatable bonds is 5. The molecule has 0 saturated carbocycles. The second-order valence-corrected chi connectivity index (χ2v) is 8.17. The van der Waals surface area contributed by atoms with Crippen molar-refractivity contribution in [3.63, 3.8) is 0 Å². The molecule has 28 heavy (non-hydrogen) atoms. The molecule has 0 aliphatic carbocycles. The average Bonchev–Trinajstić information content (AvgIpc) is 2.69. The van der Waals surface area contributed by atoms with Crippen LogP contribution in [0.3, 0.4) is 0 Å². The van der Waals surface area contributed by atoms with E-state index in [2.05, 4.69) is 0 Å². The summed E-state index contributed by atoms with van der Waals surface area (Å²) in [5.41, 5.74) is 0.591. The van der Waals surface area contributed by atoms with Crippen molar-refractivity contribution in [2.24, 2.45) is 0 Å². The quantitative estimate of drug-likeness (QED) is 0.759. The van der Waals surface area contributed by atoms with Crippen molar-refractivity contribution < 1.29 is 27.1 Å². The summed E-state index contributed by atoms with van der Waals surface area (Å²) in [6, 6.07) is 8.73. The zero-order valence-corrected chi connectivity index (χ0v) is 16.6. The molecule has 1 saturated heterocycles. The van der Waals surface area contributed by atoms with Gasteiger partial charge in [0.2, 0.25) is 15.9 Å². The Hall–Kier alpha value is -2.65. The molecule has 7 nitrogen and oxygen atoms in total. The van der Waals surface area contributed by atoms with E-state index < -0.39 is 21.9 Å². The summed E-state index contributed by atoms with van der Waals surface area (Å²) in [5.74, 6) is 0.122. The molecule has 1 amide bonds. The van der Waals surface area contributed by atoms with Crippen LogP contribution in [0.2, 0.25) is 0 Å². The number of amides is 1. The van der Waals surface area contributed by atoms with Gasteiger partial charge in [-0.2, -0.15) is 4.31 Å². The molecular formula is C19H21FN2O5S. The maximum Gasteiger partial charge on any atom is 0.245 e. The number of hydrogen-bond acceptors (Lipinski definition) is 5. The molecule has 9 heteroatoms. The first kappa shape index (κ1) is 20.1. The van der Waals surface area contributed by atoms with Gasteiger partial charge in [0.25, 0.3) is 0 Å². The van der Waals surface area contributed by atoms with Crippen molar-refractivity contribution >= 4 is 21.6 Å². The molecule has 1 fully saturated rings. The topological polar surface area (TPSA) is 76.2 Å². The van der Waals surface area contributed by atoms with Gasteiger partial charge >= 0.3 is 0 Å². The maximum atomic E-state index is 13.1. The minimum absolute atomic E-state index is 0.0480. The van der Waals surface area contributed by atoms with Gasteiger partial charge in [0.1, 0.15) is 11.9 Å². The lowest BCUT2D eigenvalue weighted by molar-refractivity contribution is -0.123. The summed E-state index contributed by atoms with van der Waals surface area (Å²) >= 11 is 0. The third-order valence-electron chi connectivity index (χ3n) is 4.70. The van der Waals surface area contributed by atoms with Crippen molar-refractivity contribution in [3.8, 4) is 11.5 Å². The number of methoxy groups -OCH3 is 2. The number of sulfonamides is 1. The standard InChI is InChI=1S/C19H21FN2O5S/c1-13-19(23)21(15-6-9-17(26-2)18(12-15)27-3)10-11-22(13)28(24,25)16-7-4-14(20)5-8-16/h4-9,12-13H,10-11H2,1-3H3/t13-/m1/s1. The first-order chi connectivity index (χ1) is 13.3. The van der Waals surface area contributed by atoms with Gasteiger partial charge in [-0.1, -0.05) is 0 Å². The third kappa shape index (κ3) is 3.55. The fourth-order valence-corrected chi connectivity index (χ4v) is 4.75. The summed E-state index contributed by atoms with van der Waals surface area (Å²) in [7, 11) is -0.899. The smallest absolute Gasteiger partial charge is 0.245 e. The fourth-order valence-electron chi connectivity index (χ4n) is 3.17. The molecule has 150 valence electrons. The van der Waals surface area contributed by atoms with E-state index in [0.717, 1.165) is 16.4 Å². The van der Waals surface area contributed by atoms with Crippen LogP contribution < -0.4 is 14.4 Å². The lowest BCUT2D eigenvalue weighted by Gasteiger charge is -2.38. The number of carbonyl (C=O) groups excluding carboxylic acids is 1. The van der Waals surface area contributed by atoms with Crippen LogP contribution in [-0.4, -0.2) is 52.0 Å². The monoisotopic (exact) mass is 408 g/mol. The Morgan fingerprint density at radius 2 is 1.64 bits per heavy atom. The predicted molar refractivity (Wildman–Crippen MR) is 102 cm³/mol. The molecule has 3 rings (SSSR count). The van der Waals surface area contributed by atoms with Gasteiger partial charge in [0, 0.05) is 24.8 Å². The van der Waals surface area contributed by atoms with E-state index >= 15 is 0 Å². The van der Waals surface area contributed by atoms with E-state index in [4.69, 9.17) is 9.47 Å². The number of piperazine rings is 1. The molecule has 2 aromatic carbocycles. The van der Waals surface area contributed by atoms with Gasteiger partial charge in [-0.3, -0.25) is 4.79 Å². The Morgan fingerprint density at radius 1 is 1.00 bits per heavy atom. The SMILES string of the molecule is COc1ccc(N2CCN(S(=O)(=O)c3ccc(F)cc3)[C@H](C)C2=O)cc1OC. The first-order valence-electron chi connectivity index (χ1n) is 8.60. The second-order valence-electron chi connectivity index (χ2n) is 6.27. The lowest BCUT2D eigenvalue weighted by atomic mass is 10.1. The van der Waals surface area contributed by atoms with E-state index in [0.29, 0.717) is 17.2 Å². The Kier molecular flexibility index (Phi) is 5.57. The largest absolute Gasteiger partial charge is 0.493 e. The highest BCUT2D eigenvalue weighted by Gasteiger charge is 2.39. The average molecular weight is 408 g/mol. The molecule has 2 aromatic rings. The van der Waals surface area contributed by atoms with E-state index in [9.17, 15) is 17.6 Å². The summed E-state index contributed by atoms with van der Waals surface area (Å²) in [5, 5.41) is 0. The molecule has 0 aromatic heterocycles. The lowest BCUT2D eigenvalue weighted by Crippen LogP contribution is -2.57. The Balaban J connectivity index is 1.87. The zero-order valence-electron chi connectivity index (χ0n) is 15.8.